The van der Waals surface area contributed by atoms with Crippen LogP contribution in [0.2, 0.25) is 0 Å². The van der Waals surface area contributed by atoms with Gasteiger partial charge in [0.1, 0.15) is 11.5 Å². The standard InChI is InChI=1S/C18H19FN2O2/c1-10-16-14(7-4-8-15(16)22)21-17(10)18(23)20-11(2)12-5-3-6-13(19)9-12/h3,5-6,9,11,21H,4,7-8H2,1-2H3,(H,20,23). The van der Waals surface area contributed by atoms with Gasteiger partial charge < -0.3 is 10.3 Å². The van der Waals surface area contributed by atoms with E-state index in [4.69, 9.17) is 0 Å². The number of halogens is 1. The Kier molecular flexibility index (Phi) is 4.03. The van der Waals surface area contributed by atoms with Gasteiger partial charge in [-0.05, 0) is 49.9 Å². The second kappa shape index (κ2) is 5.99. The number of nitrogens with one attached hydrogen (secondary N) is 2. The third-order valence-electron chi connectivity index (χ3n) is 4.36. The van der Waals surface area contributed by atoms with E-state index in [0.29, 0.717) is 28.8 Å². The number of carbonyl (C=O) groups is 2. The maximum absolute atomic E-state index is 13.3. The van der Waals surface area contributed by atoms with E-state index in [9.17, 15) is 14.0 Å². The maximum Gasteiger partial charge on any atom is 0.268 e. The highest BCUT2D eigenvalue weighted by molar-refractivity contribution is 6.04. The molecule has 0 saturated heterocycles. The Morgan fingerprint density at radius 3 is 2.83 bits per heavy atom. The van der Waals surface area contributed by atoms with E-state index >= 15 is 0 Å². The number of aromatic amines is 1. The summed E-state index contributed by atoms with van der Waals surface area (Å²) in [6.07, 6.45) is 2.13. The highest BCUT2D eigenvalue weighted by Crippen LogP contribution is 2.26. The van der Waals surface area contributed by atoms with E-state index in [0.717, 1.165) is 18.5 Å². The minimum Gasteiger partial charge on any atom is -0.354 e. The number of ketones is 1. The number of fused-ring (bicyclic) bond motifs is 1. The average Bonchev–Trinajstić information content (AvgIpc) is 2.85. The number of aromatic nitrogens is 1. The van der Waals surface area contributed by atoms with E-state index in [-0.39, 0.29) is 23.5 Å². The lowest BCUT2D eigenvalue weighted by Crippen LogP contribution is -2.27. The molecule has 3 rings (SSSR count). The second-order valence-electron chi connectivity index (χ2n) is 6.01. The van der Waals surface area contributed by atoms with Gasteiger partial charge in [0.25, 0.3) is 5.91 Å². The molecule has 1 aliphatic carbocycles. The topological polar surface area (TPSA) is 62.0 Å². The van der Waals surface area contributed by atoms with Crippen LogP contribution in [0.15, 0.2) is 24.3 Å². The van der Waals surface area contributed by atoms with Crippen LogP contribution in [0.25, 0.3) is 0 Å². The normalized spacial score (nSPS) is 15.2. The monoisotopic (exact) mass is 314 g/mol. The molecule has 2 N–H and O–H groups in total. The zero-order valence-electron chi connectivity index (χ0n) is 13.2. The number of amides is 1. The van der Waals surface area contributed by atoms with E-state index in [1.807, 2.05) is 0 Å². The summed E-state index contributed by atoms with van der Waals surface area (Å²) in [5, 5.41) is 2.86. The van der Waals surface area contributed by atoms with Crippen molar-refractivity contribution in [1.82, 2.24) is 10.3 Å². The fourth-order valence-electron chi connectivity index (χ4n) is 3.13. The van der Waals surface area contributed by atoms with E-state index in [1.54, 1.807) is 26.0 Å². The number of hydrogen-bond acceptors (Lipinski definition) is 2. The first-order valence-electron chi connectivity index (χ1n) is 7.78. The zero-order valence-corrected chi connectivity index (χ0v) is 13.2. The van der Waals surface area contributed by atoms with Crippen LogP contribution >= 0.6 is 0 Å². The number of Topliss-reactive ketones (excluding diaryl/α,β-unsaturated/α-hetero) is 1. The molecule has 120 valence electrons. The summed E-state index contributed by atoms with van der Waals surface area (Å²) in [6.45, 7) is 3.59. The van der Waals surface area contributed by atoms with Crippen LogP contribution in [0.1, 0.15) is 63.5 Å². The van der Waals surface area contributed by atoms with Gasteiger partial charge in [0.15, 0.2) is 5.78 Å². The molecule has 2 aromatic rings. The van der Waals surface area contributed by atoms with Gasteiger partial charge in [0, 0.05) is 17.7 Å². The van der Waals surface area contributed by atoms with E-state index < -0.39 is 0 Å². The number of aryl methyl sites for hydroxylation is 1. The van der Waals surface area contributed by atoms with Crippen molar-refractivity contribution in [2.45, 2.75) is 39.2 Å². The molecule has 0 saturated carbocycles. The lowest BCUT2D eigenvalue weighted by Gasteiger charge is -2.14. The molecule has 1 aromatic heterocycles. The van der Waals surface area contributed by atoms with Gasteiger partial charge in [-0.1, -0.05) is 12.1 Å². The van der Waals surface area contributed by atoms with Crippen LogP contribution in [0.4, 0.5) is 4.39 Å². The summed E-state index contributed by atoms with van der Waals surface area (Å²) in [5.41, 5.74) is 3.34. The molecule has 0 radical (unpaired) electrons. The van der Waals surface area contributed by atoms with Crippen molar-refractivity contribution in [3.05, 3.63) is 58.2 Å². The fraction of sp³-hybridized carbons (Fsp3) is 0.333. The number of carbonyl (C=O) groups excluding carboxylic acids is 2. The third-order valence-corrected chi connectivity index (χ3v) is 4.36. The van der Waals surface area contributed by atoms with E-state index in [1.165, 1.54) is 12.1 Å². The molecular formula is C18H19FN2O2. The molecule has 1 atom stereocenters. The molecule has 0 aliphatic heterocycles. The largest absolute Gasteiger partial charge is 0.354 e. The Balaban J connectivity index is 1.83. The van der Waals surface area contributed by atoms with Gasteiger partial charge in [-0.3, -0.25) is 9.59 Å². The Bertz CT molecular complexity index is 779. The molecule has 1 amide bonds. The zero-order chi connectivity index (χ0) is 16.6. The Morgan fingerprint density at radius 1 is 1.35 bits per heavy atom. The van der Waals surface area contributed by atoms with Crippen molar-refractivity contribution in [2.24, 2.45) is 0 Å². The Morgan fingerprint density at radius 2 is 2.13 bits per heavy atom. The summed E-state index contributed by atoms with van der Waals surface area (Å²) in [6, 6.07) is 5.83. The number of rotatable bonds is 3. The van der Waals surface area contributed by atoms with Gasteiger partial charge in [-0.15, -0.1) is 0 Å². The fourth-order valence-corrected chi connectivity index (χ4v) is 3.13. The van der Waals surface area contributed by atoms with Crippen molar-refractivity contribution in [3.63, 3.8) is 0 Å². The molecule has 1 heterocycles. The molecular weight excluding hydrogens is 295 g/mol. The molecule has 5 heteroatoms. The Labute approximate surface area is 134 Å². The Hall–Kier alpha value is -2.43. The first-order chi connectivity index (χ1) is 11.0. The van der Waals surface area contributed by atoms with Crippen molar-refractivity contribution in [1.29, 1.82) is 0 Å². The van der Waals surface area contributed by atoms with Crippen molar-refractivity contribution in [3.8, 4) is 0 Å². The average molecular weight is 314 g/mol. The molecule has 0 bridgehead atoms. The van der Waals surface area contributed by atoms with Crippen LogP contribution in [0.3, 0.4) is 0 Å². The summed E-state index contributed by atoms with van der Waals surface area (Å²) in [4.78, 5) is 27.6. The molecule has 0 spiro atoms. The number of H-pyrrole nitrogens is 1. The molecule has 4 nitrogen and oxygen atoms in total. The predicted octanol–water partition coefficient (Wildman–Crippen LogP) is 3.47. The minimum absolute atomic E-state index is 0.0947. The van der Waals surface area contributed by atoms with E-state index in [2.05, 4.69) is 10.3 Å². The van der Waals surface area contributed by atoms with Crippen LogP contribution in [-0.4, -0.2) is 16.7 Å². The van der Waals surface area contributed by atoms with Gasteiger partial charge >= 0.3 is 0 Å². The van der Waals surface area contributed by atoms with Crippen molar-refractivity contribution < 1.29 is 14.0 Å². The maximum atomic E-state index is 13.3. The first-order valence-corrected chi connectivity index (χ1v) is 7.78. The summed E-state index contributed by atoms with van der Waals surface area (Å²) in [5.74, 6) is -0.514. The lowest BCUT2D eigenvalue weighted by molar-refractivity contribution is 0.0934. The van der Waals surface area contributed by atoms with Crippen LogP contribution < -0.4 is 5.32 Å². The SMILES string of the molecule is Cc1c(C(=O)NC(C)c2cccc(F)c2)[nH]c2c1C(=O)CCC2. The van der Waals surface area contributed by atoms with Gasteiger partial charge in [0.2, 0.25) is 0 Å². The molecule has 1 aliphatic rings. The summed E-state index contributed by atoms with van der Waals surface area (Å²) < 4.78 is 13.3. The third kappa shape index (κ3) is 2.91. The van der Waals surface area contributed by atoms with Crippen LogP contribution in [0.5, 0.6) is 0 Å². The highest BCUT2D eigenvalue weighted by Gasteiger charge is 2.26. The van der Waals surface area contributed by atoms with Crippen molar-refractivity contribution >= 4 is 11.7 Å². The summed E-state index contributed by atoms with van der Waals surface area (Å²) in [7, 11) is 0. The van der Waals surface area contributed by atoms with Gasteiger partial charge in [-0.25, -0.2) is 4.39 Å². The molecule has 1 unspecified atom stereocenters. The van der Waals surface area contributed by atoms with Gasteiger partial charge in [-0.2, -0.15) is 0 Å². The quantitative estimate of drug-likeness (QED) is 0.911. The highest BCUT2D eigenvalue weighted by atomic mass is 19.1. The minimum atomic E-state index is -0.333. The molecule has 0 fully saturated rings. The van der Waals surface area contributed by atoms with Crippen LogP contribution in [-0.2, 0) is 6.42 Å². The molecule has 23 heavy (non-hydrogen) atoms. The smallest absolute Gasteiger partial charge is 0.268 e. The predicted molar refractivity (Wildman–Crippen MR) is 85.1 cm³/mol. The second-order valence-corrected chi connectivity index (χ2v) is 6.01. The lowest BCUT2D eigenvalue weighted by atomic mass is 9.94. The van der Waals surface area contributed by atoms with Crippen molar-refractivity contribution in [2.75, 3.05) is 0 Å². The summed E-state index contributed by atoms with van der Waals surface area (Å²) >= 11 is 0. The molecule has 1 aromatic carbocycles. The number of hydrogen-bond donors (Lipinski definition) is 2. The number of benzene rings is 1. The van der Waals surface area contributed by atoms with Crippen LogP contribution in [0, 0.1) is 12.7 Å². The van der Waals surface area contributed by atoms with Gasteiger partial charge in [0.05, 0.1) is 6.04 Å². The first kappa shape index (κ1) is 15.5.